The fraction of sp³-hybridized carbons (Fsp3) is 0.857. The Labute approximate surface area is 160 Å². The molecule has 23 heavy (non-hydrogen) atoms. The molecule has 0 amide bonds. The minimum atomic E-state index is 0.231. The van der Waals surface area contributed by atoms with Gasteiger partial charge < -0.3 is 19.8 Å². The Kier molecular flexibility index (Phi) is 21.2. The molecule has 0 aromatic carbocycles. The number of hydrogen-bond donors (Lipinski definition) is 0. The summed E-state index contributed by atoms with van der Waals surface area (Å²) in [5.41, 5.74) is 0.231. The Morgan fingerprint density at radius 2 is 1.43 bits per heavy atom. The van der Waals surface area contributed by atoms with E-state index in [-0.39, 0.29) is 5.54 Å². The van der Waals surface area contributed by atoms with Crippen molar-refractivity contribution in [2.24, 2.45) is 9.26 Å². The van der Waals surface area contributed by atoms with Crippen LogP contribution in [0.2, 0.25) is 0 Å². The third-order valence-corrected chi connectivity index (χ3v) is 5.51. The van der Waals surface area contributed by atoms with Gasteiger partial charge in [0, 0.05) is 0 Å². The van der Waals surface area contributed by atoms with Gasteiger partial charge in [0.15, 0.2) is 0 Å². The molecule has 0 radical (unpaired) electrons. The molecule has 139 valence electrons. The summed E-state index contributed by atoms with van der Waals surface area (Å²) < 4.78 is 4.19. The van der Waals surface area contributed by atoms with E-state index in [0.29, 0.717) is 0 Å². The van der Waals surface area contributed by atoms with Crippen molar-refractivity contribution in [2.45, 2.75) is 111 Å². The molecule has 2 aliphatic rings. The van der Waals surface area contributed by atoms with Gasteiger partial charge in [0.1, 0.15) is 0 Å². The van der Waals surface area contributed by atoms with Crippen LogP contribution in [0, 0.1) is 25.7 Å². The summed E-state index contributed by atoms with van der Waals surface area (Å²) in [5.74, 6) is 1.00. The zero-order valence-corrected chi connectivity index (χ0v) is 18.8. The van der Waals surface area contributed by atoms with Crippen LogP contribution in [0.15, 0.2) is 3.34 Å². The third-order valence-electron chi connectivity index (χ3n) is 4.18. The molecule has 0 spiro atoms. The van der Waals surface area contributed by atoms with Crippen molar-refractivity contribution in [1.82, 2.24) is 0 Å². The Morgan fingerprint density at radius 3 is 1.57 bits per heavy atom. The van der Waals surface area contributed by atoms with Crippen LogP contribution >= 0.6 is 0 Å². The van der Waals surface area contributed by atoms with Crippen LogP contribution in [0.5, 0.6) is 0 Å². The van der Waals surface area contributed by atoms with Gasteiger partial charge in [-0.3, -0.25) is 0 Å². The standard InChI is InChI=1S/C7H13.C6H11.C5H11N.C3H7.Nb/c1-7-5-3-2-4-6-7;1-2-4-6-5-3-1;1-4-5(2,3)6;1-3-2;/h2,7H,3-6H2,1H3;1H,2-6H2;4H2,1-3H3;1,3H2,2H3;/q2*-1;;-1;. The van der Waals surface area contributed by atoms with E-state index in [4.69, 9.17) is 0 Å². The number of rotatable bonds is 2. The van der Waals surface area contributed by atoms with Crippen LogP contribution in [0.1, 0.15) is 105 Å². The average Bonchev–Trinajstić information content (AvgIpc) is 2.59. The summed E-state index contributed by atoms with van der Waals surface area (Å²) in [6.45, 7) is 14.3. The van der Waals surface area contributed by atoms with Crippen LogP contribution in [-0.4, -0.2) is 5.54 Å². The summed E-state index contributed by atoms with van der Waals surface area (Å²) in [4.78, 5) is 0. The van der Waals surface area contributed by atoms with Gasteiger partial charge in [0.25, 0.3) is 0 Å². The van der Waals surface area contributed by atoms with Crippen molar-refractivity contribution in [3.05, 3.63) is 19.8 Å². The second kappa shape index (κ2) is 18.9. The summed E-state index contributed by atoms with van der Waals surface area (Å²) in [6.07, 6.45) is 19.6. The minimum Gasteiger partial charge on any atom is -0.344 e. The summed E-state index contributed by atoms with van der Waals surface area (Å²) in [6, 6.07) is 0. The average molecular weight is 401 g/mol. The quantitative estimate of drug-likeness (QED) is 0.332. The molecule has 2 saturated carbocycles. The minimum absolute atomic E-state index is 0.231. The molecule has 2 fully saturated rings. The van der Waals surface area contributed by atoms with Crippen molar-refractivity contribution in [1.29, 1.82) is 0 Å². The Morgan fingerprint density at radius 1 is 1.00 bits per heavy atom. The molecule has 2 heteroatoms. The van der Waals surface area contributed by atoms with E-state index in [1.54, 1.807) is 20.9 Å². The van der Waals surface area contributed by atoms with Crippen LogP contribution in [0.4, 0.5) is 0 Å². The van der Waals surface area contributed by atoms with E-state index in [2.05, 4.69) is 50.8 Å². The van der Waals surface area contributed by atoms with Crippen molar-refractivity contribution in [3.63, 3.8) is 0 Å². The van der Waals surface area contributed by atoms with Gasteiger partial charge in [-0.25, -0.2) is 0 Å². The summed E-state index contributed by atoms with van der Waals surface area (Å²) >= 11 is 1.55. The maximum Gasteiger partial charge on any atom is -0.0582 e. The van der Waals surface area contributed by atoms with E-state index in [9.17, 15) is 0 Å². The van der Waals surface area contributed by atoms with Crippen molar-refractivity contribution in [2.75, 3.05) is 0 Å². The second-order valence-electron chi connectivity index (χ2n) is 7.24. The molecule has 0 atom stereocenters. The largest absolute Gasteiger partial charge is 0.344 e. The Hall–Kier alpha value is 0.540. The van der Waals surface area contributed by atoms with Gasteiger partial charge in [0.2, 0.25) is 0 Å². The van der Waals surface area contributed by atoms with Crippen LogP contribution in [-0.2, 0) is 20.9 Å². The zero-order valence-electron chi connectivity index (χ0n) is 16.6. The molecule has 0 aliphatic heterocycles. The normalized spacial score (nSPS) is 18.1. The van der Waals surface area contributed by atoms with E-state index in [1.165, 1.54) is 57.8 Å². The molecule has 0 aromatic rings. The van der Waals surface area contributed by atoms with Gasteiger partial charge >= 0.3 is 57.0 Å². The van der Waals surface area contributed by atoms with E-state index in [0.717, 1.165) is 18.8 Å². The molecule has 1 nitrogen and oxygen atoms in total. The summed E-state index contributed by atoms with van der Waals surface area (Å²) in [7, 11) is 0. The summed E-state index contributed by atoms with van der Waals surface area (Å²) in [5, 5.41) is 0. The molecule has 0 unspecified atom stereocenters. The van der Waals surface area contributed by atoms with Gasteiger partial charge in [-0.1, -0.05) is 46.0 Å². The van der Waals surface area contributed by atoms with Crippen molar-refractivity contribution in [3.8, 4) is 0 Å². The van der Waals surface area contributed by atoms with Gasteiger partial charge in [-0.2, -0.15) is 32.1 Å². The Balaban J connectivity index is 0. The maximum absolute atomic E-state index is 4.19. The SMILES string of the molecule is CC1CC[CH-]CC1.CCC(C)(C)[N]=[Nb].[CH-]1CCCCC1.[CH2-]CC. The first-order valence-electron chi connectivity index (χ1n) is 9.72. The molecular weight excluding hydrogens is 359 g/mol. The predicted octanol–water partition coefficient (Wildman–Crippen LogP) is 7.69. The third kappa shape index (κ3) is 22.5. The predicted molar refractivity (Wildman–Crippen MR) is 102 cm³/mol. The van der Waals surface area contributed by atoms with Crippen molar-refractivity contribution >= 4 is 0 Å². The maximum atomic E-state index is 4.19. The molecule has 0 N–H and O–H groups in total. The van der Waals surface area contributed by atoms with Gasteiger partial charge in [-0.15, -0.1) is 0 Å². The molecule has 0 bridgehead atoms. The fourth-order valence-corrected chi connectivity index (χ4v) is 2.41. The number of nitrogens with zero attached hydrogens (tertiary/aromatic N) is 1. The van der Waals surface area contributed by atoms with Crippen LogP contribution in [0.3, 0.4) is 0 Å². The van der Waals surface area contributed by atoms with E-state index >= 15 is 0 Å². The first-order valence-corrected chi connectivity index (χ1v) is 10.7. The first-order chi connectivity index (χ1) is 10.9. The van der Waals surface area contributed by atoms with Crippen LogP contribution < -0.4 is 0 Å². The van der Waals surface area contributed by atoms with E-state index in [1.807, 2.05) is 6.92 Å². The van der Waals surface area contributed by atoms with Crippen molar-refractivity contribution < 1.29 is 20.9 Å². The molecule has 2 rings (SSSR count). The van der Waals surface area contributed by atoms with Gasteiger partial charge in [0.05, 0.1) is 0 Å². The van der Waals surface area contributed by atoms with Crippen LogP contribution in [0.25, 0.3) is 0 Å². The Bertz CT molecular complexity index is 216. The fourth-order valence-electron chi connectivity index (χ4n) is 2.06. The molecule has 0 saturated heterocycles. The second-order valence-corrected chi connectivity index (χ2v) is 7.73. The topological polar surface area (TPSA) is 12.4 Å². The van der Waals surface area contributed by atoms with E-state index < -0.39 is 0 Å². The molecule has 0 heterocycles. The first kappa shape index (κ1) is 25.8. The molecular formula is C21H42NNb-3. The van der Waals surface area contributed by atoms with Gasteiger partial charge in [-0.05, 0) is 5.92 Å². The zero-order chi connectivity index (χ0) is 18.0. The monoisotopic (exact) mass is 401 g/mol. The number of hydrogen-bond acceptors (Lipinski definition) is 1. The smallest absolute Gasteiger partial charge is 0.0582 e. The molecule has 0 aromatic heterocycles. The molecule has 2 aliphatic carbocycles.